The van der Waals surface area contributed by atoms with Gasteiger partial charge in [-0.15, -0.1) is 0 Å². The van der Waals surface area contributed by atoms with Crippen LogP contribution in [-0.2, 0) is 11.3 Å². The Morgan fingerprint density at radius 1 is 1.23 bits per heavy atom. The molecular weight excluding hydrogens is 347 g/mol. The molecule has 1 aromatic carbocycles. The van der Waals surface area contributed by atoms with Crippen LogP contribution in [0, 0.1) is 0 Å². The monoisotopic (exact) mass is 367 g/mol. The van der Waals surface area contributed by atoms with Crippen LogP contribution in [0.3, 0.4) is 0 Å². The van der Waals surface area contributed by atoms with Gasteiger partial charge in [-0.2, -0.15) is 13.2 Å². The van der Waals surface area contributed by atoms with Gasteiger partial charge in [-0.3, -0.25) is 4.79 Å². The lowest BCUT2D eigenvalue weighted by atomic mass is 10.1. The first-order valence-electron chi connectivity index (χ1n) is 7.96. The molecule has 1 aromatic heterocycles. The summed E-state index contributed by atoms with van der Waals surface area (Å²) in [5.41, 5.74) is 1.88. The highest BCUT2D eigenvalue weighted by Crippen LogP contribution is 2.17. The first-order valence-corrected chi connectivity index (χ1v) is 7.96. The van der Waals surface area contributed by atoms with Crippen LogP contribution in [0.2, 0.25) is 0 Å². The van der Waals surface area contributed by atoms with Gasteiger partial charge in [-0.05, 0) is 42.3 Å². The predicted octanol–water partition coefficient (Wildman–Crippen LogP) is 3.69. The summed E-state index contributed by atoms with van der Waals surface area (Å²) < 4.78 is 40.7. The average molecular weight is 367 g/mol. The van der Waals surface area contributed by atoms with Crippen LogP contribution < -0.4 is 10.6 Å². The number of benzene rings is 1. The number of pyridine rings is 1. The van der Waals surface area contributed by atoms with E-state index in [9.17, 15) is 18.0 Å². The Morgan fingerprint density at radius 3 is 2.54 bits per heavy atom. The molecule has 0 saturated carbocycles. The van der Waals surface area contributed by atoms with Crippen molar-refractivity contribution in [2.45, 2.75) is 25.7 Å². The molecule has 1 atom stereocenters. The number of alkyl halides is 3. The zero-order valence-electron chi connectivity index (χ0n) is 14.4. The summed E-state index contributed by atoms with van der Waals surface area (Å²) in [6.07, 6.45) is -2.70. The van der Waals surface area contributed by atoms with Crippen molar-refractivity contribution in [1.82, 2.24) is 10.3 Å². The molecule has 1 unspecified atom stereocenters. The summed E-state index contributed by atoms with van der Waals surface area (Å²) in [5.74, 6) is 0.426. The number of ether oxygens (including phenoxy) is 1. The van der Waals surface area contributed by atoms with E-state index in [2.05, 4.69) is 20.4 Å². The molecule has 2 rings (SSSR count). The minimum atomic E-state index is -4.35. The molecule has 0 aliphatic rings. The number of hydrogen-bond acceptors (Lipinski definition) is 4. The number of rotatable bonds is 7. The molecule has 0 fully saturated rings. The standard InChI is InChI=1S/C18H20F3N3O2/c1-12(15-7-8-23-16(9-15)22-2)24-17(25)14-5-3-13(4-6-14)10-26-11-18(19,20)21/h3-9,12H,10-11H2,1-2H3,(H,22,23)(H,24,25). The number of nitrogens with one attached hydrogen (secondary N) is 2. The topological polar surface area (TPSA) is 63.2 Å². The Bertz CT molecular complexity index is 733. The minimum Gasteiger partial charge on any atom is -0.373 e. The Hall–Kier alpha value is -2.61. The van der Waals surface area contributed by atoms with Gasteiger partial charge in [0.25, 0.3) is 5.91 Å². The predicted molar refractivity (Wildman–Crippen MR) is 91.8 cm³/mol. The summed E-state index contributed by atoms with van der Waals surface area (Å²) in [6, 6.07) is 9.68. The molecule has 0 aliphatic carbocycles. The fourth-order valence-corrected chi connectivity index (χ4v) is 2.25. The van der Waals surface area contributed by atoms with Gasteiger partial charge in [0.05, 0.1) is 12.6 Å². The molecule has 5 nitrogen and oxygen atoms in total. The molecule has 140 valence electrons. The van der Waals surface area contributed by atoms with E-state index < -0.39 is 12.8 Å². The number of carbonyl (C=O) groups is 1. The number of halogens is 3. The maximum Gasteiger partial charge on any atom is 0.411 e. The van der Waals surface area contributed by atoms with Crippen molar-refractivity contribution < 1.29 is 22.7 Å². The molecule has 0 aliphatic heterocycles. The third-order valence-electron chi connectivity index (χ3n) is 3.64. The van der Waals surface area contributed by atoms with Crippen molar-refractivity contribution in [3.8, 4) is 0 Å². The number of hydrogen-bond donors (Lipinski definition) is 2. The minimum absolute atomic E-state index is 0.165. The van der Waals surface area contributed by atoms with Gasteiger partial charge in [0.2, 0.25) is 0 Å². The summed E-state index contributed by atoms with van der Waals surface area (Å²) in [4.78, 5) is 16.4. The second-order valence-corrected chi connectivity index (χ2v) is 5.72. The lowest BCUT2D eigenvalue weighted by Crippen LogP contribution is -2.26. The molecular formula is C18H20F3N3O2. The van der Waals surface area contributed by atoms with Crippen molar-refractivity contribution in [3.05, 3.63) is 59.3 Å². The van der Waals surface area contributed by atoms with Crippen LogP contribution in [0.1, 0.15) is 34.5 Å². The second kappa shape index (κ2) is 8.66. The third kappa shape index (κ3) is 6.03. The Balaban J connectivity index is 1.92. The van der Waals surface area contributed by atoms with E-state index >= 15 is 0 Å². The SMILES string of the molecule is CNc1cc(C(C)NC(=O)c2ccc(COCC(F)(F)F)cc2)ccn1. The zero-order valence-corrected chi connectivity index (χ0v) is 14.4. The molecule has 0 radical (unpaired) electrons. The van der Waals surface area contributed by atoms with E-state index in [4.69, 9.17) is 0 Å². The second-order valence-electron chi connectivity index (χ2n) is 5.72. The van der Waals surface area contributed by atoms with E-state index in [0.29, 0.717) is 16.9 Å². The van der Waals surface area contributed by atoms with Crippen molar-refractivity contribution in [2.75, 3.05) is 19.0 Å². The maximum absolute atomic E-state index is 12.3. The number of carbonyl (C=O) groups excluding carboxylic acids is 1. The maximum atomic E-state index is 12.3. The summed E-state index contributed by atoms with van der Waals surface area (Å²) in [5, 5.41) is 5.81. The third-order valence-corrected chi connectivity index (χ3v) is 3.64. The summed E-state index contributed by atoms with van der Waals surface area (Å²) in [6.45, 7) is 0.390. The molecule has 1 amide bonds. The zero-order chi connectivity index (χ0) is 19.2. The van der Waals surface area contributed by atoms with Crippen LogP contribution in [0.15, 0.2) is 42.6 Å². The smallest absolute Gasteiger partial charge is 0.373 e. The normalized spacial score (nSPS) is 12.5. The van der Waals surface area contributed by atoms with Gasteiger partial charge in [0.1, 0.15) is 12.4 Å². The van der Waals surface area contributed by atoms with E-state index in [-0.39, 0.29) is 18.6 Å². The molecule has 0 saturated heterocycles. The van der Waals surface area contributed by atoms with E-state index in [0.717, 1.165) is 5.56 Å². The molecule has 26 heavy (non-hydrogen) atoms. The fraction of sp³-hybridized carbons (Fsp3) is 0.333. The highest BCUT2D eigenvalue weighted by Gasteiger charge is 2.27. The summed E-state index contributed by atoms with van der Waals surface area (Å²) >= 11 is 0. The number of aromatic nitrogens is 1. The Kier molecular flexibility index (Phi) is 6.57. The van der Waals surface area contributed by atoms with Crippen LogP contribution in [0.4, 0.5) is 19.0 Å². The van der Waals surface area contributed by atoms with Crippen molar-refractivity contribution in [2.24, 2.45) is 0 Å². The lowest BCUT2D eigenvalue weighted by molar-refractivity contribution is -0.176. The van der Waals surface area contributed by atoms with Crippen molar-refractivity contribution >= 4 is 11.7 Å². The van der Waals surface area contributed by atoms with Crippen LogP contribution >= 0.6 is 0 Å². The van der Waals surface area contributed by atoms with Gasteiger partial charge in [-0.25, -0.2) is 4.98 Å². The van der Waals surface area contributed by atoms with Gasteiger partial charge >= 0.3 is 6.18 Å². The summed E-state index contributed by atoms with van der Waals surface area (Å²) in [7, 11) is 1.76. The van der Waals surface area contributed by atoms with Crippen LogP contribution in [0.5, 0.6) is 0 Å². The van der Waals surface area contributed by atoms with Gasteiger partial charge in [0, 0.05) is 18.8 Å². The van der Waals surface area contributed by atoms with Gasteiger partial charge in [0.15, 0.2) is 0 Å². The molecule has 2 aromatic rings. The molecule has 0 bridgehead atoms. The van der Waals surface area contributed by atoms with E-state index in [1.807, 2.05) is 19.1 Å². The van der Waals surface area contributed by atoms with E-state index in [1.165, 1.54) is 0 Å². The van der Waals surface area contributed by atoms with Crippen LogP contribution in [0.25, 0.3) is 0 Å². The first kappa shape index (κ1) is 19.7. The van der Waals surface area contributed by atoms with Gasteiger partial charge < -0.3 is 15.4 Å². The van der Waals surface area contributed by atoms with E-state index in [1.54, 1.807) is 37.5 Å². The molecule has 8 heteroatoms. The Labute approximate surface area is 149 Å². The highest BCUT2D eigenvalue weighted by molar-refractivity contribution is 5.94. The van der Waals surface area contributed by atoms with Crippen LogP contribution in [-0.4, -0.2) is 30.7 Å². The number of amides is 1. The lowest BCUT2D eigenvalue weighted by Gasteiger charge is -2.15. The highest BCUT2D eigenvalue weighted by atomic mass is 19.4. The molecule has 1 heterocycles. The average Bonchev–Trinajstić information content (AvgIpc) is 2.61. The van der Waals surface area contributed by atoms with Crippen molar-refractivity contribution in [3.63, 3.8) is 0 Å². The quantitative estimate of drug-likeness (QED) is 0.783. The first-order chi connectivity index (χ1) is 12.3. The number of anilines is 1. The van der Waals surface area contributed by atoms with Crippen molar-refractivity contribution in [1.29, 1.82) is 0 Å². The fourth-order valence-electron chi connectivity index (χ4n) is 2.25. The van der Waals surface area contributed by atoms with Gasteiger partial charge in [-0.1, -0.05) is 12.1 Å². The Morgan fingerprint density at radius 2 is 1.92 bits per heavy atom. The molecule has 0 spiro atoms. The molecule has 2 N–H and O–H groups in total. The largest absolute Gasteiger partial charge is 0.411 e. The number of nitrogens with zero attached hydrogens (tertiary/aromatic N) is 1.